The lowest BCUT2D eigenvalue weighted by atomic mass is 10.1. The molecule has 1 aromatic heterocycles. The summed E-state index contributed by atoms with van der Waals surface area (Å²) in [4.78, 5) is 3.96. The lowest BCUT2D eigenvalue weighted by Crippen LogP contribution is -2.11. The Morgan fingerprint density at radius 2 is 2.36 bits per heavy atom. The number of aromatic nitrogens is 1. The highest BCUT2D eigenvalue weighted by Gasteiger charge is 2.12. The number of halogens is 1. The summed E-state index contributed by atoms with van der Waals surface area (Å²) in [7, 11) is 0. The van der Waals surface area contributed by atoms with Gasteiger partial charge in [-0.05, 0) is 6.07 Å². The molecule has 5 heteroatoms. The van der Waals surface area contributed by atoms with Crippen LogP contribution in [0.15, 0.2) is 22.9 Å². The second-order valence-electron chi connectivity index (χ2n) is 2.95. The van der Waals surface area contributed by atoms with Crippen molar-refractivity contribution >= 4 is 22.7 Å². The molecule has 0 bridgehead atoms. The van der Waals surface area contributed by atoms with Gasteiger partial charge in [0.1, 0.15) is 5.52 Å². The van der Waals surface area contributed by atoms with Crippen molar-refractivity contribution in [3.63, 3.8) is 0 Å². The Labute approximate surface area is 85.3 Å². The highest BCUT2D eigenvalue weighted by molar-refractivity contribution is 6.32. The maximum atomic E-state index is 9.54. The Morgan fingerprint density at radius 1 is 1.57 bits per heavy atom. The first kappa shape index (κ1) is 9.45. The van der Waals surface area contributed by atoms with E-state index in [9.17, 15) is 5.11 Å². The van der Waals surface area contributed by atoms with Crippen molar-refractivity contribution in [2.75, 3.05) is 6.54 Å². The largest absolute Gasteiger partial charge is 0.443 e. The second kappa shape index (κ2) is 3.57. The van der Waals surface area contributed by atoms with E-state index >= 15 is 0 Å². The molecule has 2 rings (SSSR count). The number of hydrogen-bond donors (Lipinski definition) is 2. The average molecular weight is 213 g/mol. The molecule has 0 aliphatic carbocycles. The lowest BCUT2D eigenvalue weighted by molar-refractivity contribution is 0.187. The number of aliphatic hydroxyl groups is 1. The van der Waals surface area contributed by atoms with Gasteiger partial charge in [0, 0.05) is 18.2 Å². The number of aliphatic hydroxyl groups excluding tert-OH is 1. The molecular weight excluding hydrogens is 204 g/mol. The number of benzene rings is 1. The van der Waals surface area contributed by atoms with Gasteiger partial charge >= 0.3 is 0 Å². The minimum Gasteiger partial charge on any atom is -0.443 e. The fraction of sp³-hybridized carbons (Fsp3) is 0.222. The van der Waals surface area contributed by atoms with Gasteiger partial charge in [-0.3, -0.25) is 0 Å². The highest BCUT2D eigenvalue weighted by atomic mass is 35.5. The van der Waals surface area contributed by atoms with Crippen LogP contribution < -0.4 is 5.73 Å². The fourth-order valence-electron chi connectivity index (χ4n) is 1.28. The molecule has 0 spiro atoms. The fourth-order valence-corrected chi connectivity index (χ4v) is 1.56. The van der Waals surface area contributed by atoms with Crippen LogP contribution in [0.25, 0.3) is 11.1 Å². The van der Waals surface area contributed by atoms with Gasteiger partial charge in [0.15, 0.2) is 12.0 Å². The molecule has 3 N–H and O–H groups in total. The van der Waals surface area contributed by atoms with E-state index in [1.807, 2.05) is 0 Å². The molecule has 2 aromatic rings. The summed E-state index contributed by atoms with van der Waals surface area (Å²) in [6.07, 6.45) is 0.572. The van der Waals surface area contributed by atoms with Gasteiger partial charge < -0.3 is 15.3 Å². The normalized spacial score (nSPS) is 13.4. The molecule has 74 valence electrons. The Balaban J connectivity index is 2.58. The standard InChI is InChI=1S/C9H9ClN2O2/c10-6-2-9-7(12-4-14-9)1-5(6)8(13)3-11/h1-2,4,8,13H,3,11H2. The monoisotopic (exact) mass is 212 g/mol. The molecule has 0 saturated heterocycles. The minimum absolute atomic E-state index is 0.128. The van der Waals surface area contributed by atoms with Gasteiger partial charge in [0.25, 0.3) is 0 Å². The van der Waals surface area contributed by atoms with E-state index in [0.717, 1.165) is 0 Å². The highest BCUT2D eigenvalue weighted by Crippen LogP contribution is 2.27. The van der Waals surface area contributed by atoms with Crippen LogP contribution >= 0.6 is 11.6 Å². The predicted octanol–water partition coefficient (Wildman–Crippen LogP) is 1.47. The molecule has 0 fully saturated rings. The van der Waals surface area contributed by atoms with Crippen molar-refractivity contribution in [1.82, 2.24) is 4.98 Å². The molecule has 1 unspecified atom stereocenters. The average Bonchev–Trinajstić information content (AvgIpc) is 2.62. The summed E-state index contributed by atoms with van der Waals surface area (Å²) in [6.45, 7) is 0.128. The zero-order valence-corrected chi connectivity index (χ0v) is 8.03. The van der Waals surface area contributed by atoms with Crippen molar-refractivity contribution in [2.24, 2.45) is 5.73 Å². The topological polar surface area (TPSA) is 72.3 Å². The Morgan fingerprint density at radius 3 is 3.07 bits per heavy atom. The molecule has 0 saturated carbocycles. The maximum absolute atomic E-state index is 9.54. The summed E-state index contributed by atoms with van der Waals surface area (Å²) in [5.74, 6) is 0. The number of fused-ring (bicyclic) bond motifs is 1. The Kier molecular flexibility index (Phi) is 2.41. The number of oxazole rings is 1. The van der Waals surface area contributed by atoms with Gasteiger partial charge in [0.2, 0.25) is 0 Å². The van der Waals surface area contributed by atoms with E-state index in [1.165, 1.54) is 6.39 Å². The zero-order valence-electron chi connectivity index (χ0n) is 7.27. The van der Waals surface area contributed by atoms with Crippen molar-refractivity contribution in [1.29, 1.82) is 0 Å². The van der Waals surface area contributed by atoms with Crippen LogP contribution in [0, 0.1) is 0 Å². The second-order valence-corrected chi connectivity index (χ2v) is 3.35. The third kappa shape index (κ3) is 1.48. The third-order valence-corrected chi connectivity index (χ3v) is 2.36. The van der Waals surface area contributed by atoms with Crippen molar-refractivity contribution in [3.05, 3.63) is 29.1 Å². The molecule has 0 amide bonds. The molecule has 14 heavy (non-hydrogen) atoms. The Bertz CT molecular complexity index is 455. The molecule has 0 aliphatic heterocycles. The summed E-state index contributed by atoms with van der Waals surface area (Å²) in [5.41, 5.74) is 7.18. The number of rotatable bonds is 2. The first-order valence-electron chi connectivity index (χ1n) is 4.13. The number of nitrogens with zero attached hydrogens (tertiary/aromatic N) is 1. The zero-order chi connectivity index (χ0) is 10.1. The molecule has 0 radical (unpaired) electrons. The van der Waals surface area contributed by atoms with E-state index in [1.54, 1.807) is 12.1 Å². The van der Waals surface area contributed by atoms with Crippen molar-refractivity contribution in [2.45, 2.75) is 6.10 Å². The lowest BCUT2D eigenvalue weighted by Gasteiger charge is -2.09. The maximum Gasteiger partial charge on any atom is 0.181 e. The molecular formula is C9H9ClN2O2. The first-order valence-corrected chi connectivity index (χ1v) is 4.51. The van der Waals surface area contributed by atoms with E-state index in [4.69, 9.17) is 21.8 Å². The van der Waals surface area contributed by atoms with Crippen LogP contribution in [0.4, 0.5) is 0 Å². The molecule has 1 heterocycles. The smallest absolute Gasteiger partial charge is 0.181 e. The van der Waals surface area contributed by atoms with Crippen molar-refractivity contribution < 1.29 is 9.52 Å². The van der Waals surface area contributed by atoms with Gasteiger partial charge in [-0.25, -0.2) is 4.98 Å². The number of hydrogen-bond acceptors (Lipinski definition) is 4. The molecule has 1 aromatic carbocycles. The van der Waals surface area contributed by atoms with Crippen LogP contribution in [-0.4, -0.2) is 16.6 Å². The van der Waals surface area contributed by atoms with Crippen LogP contribution in [0.2, 0.25) is 5.02 Å². The van der Waals surface area contributed by atoms with Gasteiger partial charge in [-0.1, -0.05) is 11.6 Å². The first-order chi connectivity index (χ1) is 6.72. The van der Waals surface area contributed by atoms with Gasteiger partial charge in [-0.15, -0.1) is 0 Å². The van der Waals surface area contributed by atoms with E-state index < -0.39 is 6.10 Å². The summed E-state index contributed by atoms with van der Waals surface area (Å²) >= 11 is 5.93. The predicted molar refractivity (Wildman–Crippen MR) is 53.0 cm³/mol. The third-order valence-electron chi connectivity index (χ3n) is 2.03. The Hall–Kier alpha value is -1.10. The van der Waals surface area contributed by atoms with Crippen LogP contribution in [0.3, 0.4) is 0 Å². The molecule has 0 aliphatic rings. The molecule has 1 atom stereocenters. The van der Waals surface area contributed by atoms with Crippen molar-refractivity contribution in [3.8, 4) is 0 Å². The number of nitrogens with two attached hydrogens (primary N) is 1. The SMILES string of the molecule is NCC(O)c1cc2ncoc2cc1Cl. The summed E-state index contributed by atoms with van der Waals surface area (Å²) < 4.78 is 5.06. The van der Waals surface area contributed by atoms with E-state index in [0.29, 0.717) is 21.7 Å². The van der Waals surface area contributed by atoms with E-state index in [-0.39, 0.29) is 6.54 Å². The van der Waals surface area contributed by atoms with Gasteiger partial charge in [-0.2, -0.15) is 0 Å². The summed E-state index contributed by atoms with van der Waals surface area (Å²) in [5, 5.41) is 9.98. The quantitative estimate of drug-likeness (QED) is 0.791. The van der Waals surface area contributed by atoms with Gasteiger partial charge in [0.05, 0.1) is 11.1 Å². The van der Waals surface area contributed by atoms with Crippen LogP contribution in [0.1, 0.15) is 11.7 Å². The van der Waals surface area contributed by atoms with Crippen LogP contribution in [-0.2, 0) is 0 Å². The van der Waals surface area contributed by atoms with Crippen LogP contribution in [0.5, 0.6) is 0 Å². The summed E-state index contributed by atoms with van der Waals surface area (Å²) in [6, 6.07) is 3.30. The minimum atomic E-state index is -0.761. The van der Waals surface area contributed by atoms with E-state index in [2.05, 4.69) is 4.98 Å². The molecule has 4 nitrogen and oxygen atoms in total.